The predicted octanol–water partition coefficient (Wildman–Crippen LogP) is 3.68. The monoisotopic (exact) mass is 502 g/mol. The van der Waals surface area contributed by atoms with E-state index in [1.165, 1.54) is 16.7 Å². The van der Waals surface area contributed by atoms with Gasteiger partial charge >= 0.3 is 18.0 Å². The van der Waals surface area contributed by atoms with Gasteiger partial charge in [-0.1, -0.05) is 12.1 Å². The summed E-state index contributed by atoms with van der Waals surface area (Å²) in [6.07, 6.45) is -2.28. The van der Waals surface area contributed by atoms with Crippen molar-refractivity contribution < 1.29 is 22.7 Å². The number of aromatic nitrogens is 2. The van der Waals surface area contributed by atoms with Crippen LogP contribution < -0.4 is 11.2 Å². The molecule has 2 aromatic rings. The second-order valence-corrected chi connectivity index (χ2v) is 9.60. The summed E-state index contributed by atoms with van der Waals surface area (Å²) in [5.41, 5.74) is -1.70. The number of rotatable bonds is 3. The maximum absolute atomic E-state index is 13.8. The number of hydrogen-bond donors (Lipinski definition) is 0. The number of cyclic esters (lactones) is 1. The zero-order valence-corrected chi connectivity index (χ0v) is 19.7. The maximum atomic E-state index is 13.8. The highest BCUT2D eigenvalue weighted by Gasteiger charge is 2.39. The molecular formula is C25H25F3N4O4. The van der Waals surface area contributed by atoms with Crippen molar-refractivity contribution in [2.75, 3.05) is 13.2 Å². The summed E-state index contributed by atoms with van der Waals surface area (Å²) in [5, 5.41) is 9.76. The molecule has 0 bridgehead atoms. The Hall–Kier alpha value is -3.55. The summed E-state index contributed by atoms with van der Waals surface area (Å²) in [7, 11) is 0. The van der Waals surface area contributed by atoms with Crippen LogP contribution in [0.4, 0.5) is 18.0 Å². The second kappa shape index (κ2) is 8.84. The summed E-state index contributed by atoms with van der Waals surface area (Å²) in [6.45, 7) is 2.43. The smallest absolute Gasteiger partial charge is 0.416 e. The number of ether oxygens (including phenoxy) is 1. The first-order chi connectivity index (χ1) is 17.1. The Balaban J connectivity index is 1.55. The number of hydrogen-bond acceptors (Lipinski definition) is 5. The van der Waals surface area contributed by atoms with Gasteiger partial charge in [0, 0.05) is 17.8 Å². The molecule has 2 fully saturated rings. The largest absolute Gasteiger partial charge is 0.448 e. The molecule has 1 saturated carbocycles. The zero-order valence-electron chi connectivity index (χ0n) is 19.7. The molecular weight excluding hydrogens is 477 g/mol. The molecule has 2 aliphatic carbocycles. The fourth-order valence-electron chi connectivity index (χ4n) is 6.11. The molecule has 2 heterocycles. The molecule has 0 N–H and O–H groups in total. The summed E-state index contributed by atoms with van der Waals surface area (Å²) >= 11 is 0. The van der Waals surface area contributed by atoms with Gasteiger partial charge in [0.1, 0.15) is 18.2 Å². The van der Waals surface area contributed by atoms with Crippen LogP contribution in [-0.4, -0.2) is 39.3 Å². The van der Waals surface area contributed by atoms with Crippen molar-refractivity contribution in [3.05, 3.63) is 67.0 Å². The van der Waals surface area contributed by atoms with Crippen LogP contribution in [0.5, 0.6) is 0 Å². The van der Waals surface area contributed by atoms with Gasteiger partial charge in [-0.05, 0) is 62.6 Å². The van der Waals surface area contributed by atoms with Crippen molar-refractivity contribution in [2.24, 2.45) is 0 Å². The van der Waals surface area contributed by atoms with Gasteiger partial charge in [0.2, 0.25) is 0 Å². The lowest BCUT2D eigenvalue weighted by atomic mass is 9.89. The van der Waals surface area contributed by atoms with Crippen molar-refractivity contribution in [3.63, 3.8) is 0 Å². The van der Waals surface area contributed by atoms with Crippen molar-refractivity contribution in [3.8, 4) is 6.07 Å². The molecule has 5 rings (SSSR count). The Kier molecular flexibility index (Phi) is 5.93. The Labute approximate surface area is 204 Å². The zero-order chi connectivity index (χ0) is 25.8. The molecule has 1 atom stereocenters. The van der Waals surface area contributed by atoms with Crippen LogP contribution in [-0.2, 0) is 17.3 Å². The number of carbonyl (C=O) groups excluding carboxylic acids is 1. The molecule has 1 aliphatic heterocycles. The molecule has 0 radical (unpaired) electrons. The first-order valence-corrected chi connectivity index (χ1v) is 12.0. The van der Waals surface area contributed by atoms with E-state index in [1.54, 1.807) is 11.8 Å². The van der Waals surface area contributed by atoms with E-state index in [4.69, 9.17) is 4.74 Å². The molecule has 1 aromatic heterocycles. The van der Waals surface area contributed by atoms with Crippen LogP contribution >= 0.6 is 0 Å². The third kappa shape index (κ3) is 3.79. The fourth-order valence-corrected chi connectivity index (χ4v) is 6.11. The minimum atomic E-state index is -4.54. The minimum Gasteiger partial charge on any atom is -0.448 e. The van der Waals surface area contributed by atoms with E-state index < -0.39 is 29.0 Å². The van der Waals surface area contributed by atoms with Gasteiger partial charge in [-0.3, -0.25) is 13.9 Å². The van der Waals surface area contributed by atoms with E-state index in [9.17, 15) is 32.8 Å². The van der Waals surface area contributed by atoms with Crippen LogP contribution in [0.1, 0.15) is 72.1 Å². The van der Waals surface area contributed by atoms with Crippen LogP contribution in [0, 0.1) is 18.3 Å². The Morgan fingerprint density at radius 3 is 2.33 bits per heavy atom. The highest BCUT2D eigenvalue weighted by atomic mass is 19.4. The number of nitriles is 1. The molecule has 1 unspecified atom stereocenters. The highest BCUT2D eigenvalue weighted by molar-refractivity contribution is 5.69. The molecule has 1 aromatic carbocycles. The van der Waals surface area contributed by atoms with Crippen LogP contribution in [0.2, 0.25) is 0 Å². The Bertz CT molecular complexity index is 1380. The number of amides is 1. The number of benzene rings is 1. The average Bonchev–Trinajstić information content (AvgIpc) is 3.45. The maximum Gasteiger partial charge on any atom is 0.416 e. The molecule has 1 amide bonds. The van der Waals surface area contributed by atoms with Gasteiger partial charge in [-0.25, -0.2) is 9.59 Å². The van der Waals surface area contributed by atoms with Crippen molar-refractivity contribution in [2.45, 2.75) is 69.8 Å². The number of halogens is 3. The van der Waals surface area contributed by atoms with Crippen molar-refractivity contribution >= 4 is 6.09 Å². The average molecular weight is 502 g/mol. The number of nitrogens with zero attached hydrogens (tertiary/aromatic N) is 4. The molecule has 190 valence electrons. The lowest BCUT2D eigenvalue weighted by Crippen LogP contribution is -2.47. The third-order valence-electron chi connectivity index (χ3n) is 7.80. The molecule has 1 saturated heterocycles. The van der Waals surface area contributed by atoms with Crippen molar-refractivity contribution in [1.29, 1.82) is 5.26 Å². The van der Waals surface area contributed by atoms with Crippen molar-refractivity contribution in [1.82, 2.24) is 14.0 Å². The fraction of sp³-hybridized carbons (Fsp3) is 0.520. The minimum absolute atomic E-state index is 0.00361. The Morgan fingerprint density at radius 1 is 1.03 bits per heavy atom. The van der Waals surface area contributed by atoms with Gasteiger partial charge in [0.15, 0.2) is 0 Å². The highest BCUT2D eigenvalue weighted by Crippen LogP contribution is 2.41. The van der Waals surface area contributed by atoms with E-state index in [2.05, 4.69) is 0 Å². The molecule has 11 heteroatoms. The topological polar surface area (TPSA) is 97.3 Å². The summed E-state index contributed by atoms with van der Waals surface area (Å²) in [5.74, 6) is 0. The SMILES string of the molecule is Cc1c(C#N)c(=O)n(C2CCc3c2cccc3C(F)(F)F)c(=O)n1C1CCC(N2CCOC2=O)CC1. The lowest BCUT2D eigenvalue weighted by Gasteiger charge is -2.35. The van der Waals surface area contributed by atoms with E-state index in [0.29, 0.717) is 44.4 Å². The van der Waals surface area contributed by atoms with E-state index >= 15 is 0 Å². The van der Waals surface area contributed by atoms with E-state index in [0.717, 1.165) is 10.6 Å². The summed E-state index contributed by atoms with van der Waals surface area (Å²) < 4.78 is 48.2. The van der Waals surface area contributed by atoms with Gasteiger partial charge in [-0.15, -0.1) is 0 Å². The first kappa shape index (κ1) is 24.2. The predicted molar refractivity (Wildman–Crippen MR) is 122 cm³/mol. The van der Waals surface area contributed by atoms with Gasteiger partial charge in [0.25, 0.3) is 5.56 Å². The lowest BCUT2D eigenvalue weighted by molar-refractivity contribution is -0.138. The Morgan fingerprint density at radius 2 is 1.72 bits per heavy atom. The second-order valence-electron chi connectivity index (χ2n) is 9.60. The first-order valence-electron chi connectivity index (χ1n) is 12.0. The molecule has 0 spiro atoms. The molecule has 36 heavy (non-hydrogen) atoms. The van der Waals surface area contributed by atoms with Gasteiger partial charge < -0.3 is 9.64 Å². The molecule has 3 aliphatic rings. The number of fused-ring (bicyclic) bond motifs is 1. The quantitative estimate of drug-likeness (QED) is 0.638. The number of alkyl halides is 3. The molecule has 8 nitrogen and oxygen atoms in total. The summed E-state index contributed by atoms with van der Waals surface area (Å²) in [4.78, 5) is 40.7. The standard InChI is InChI=1S/C25H25F3N4O4/c1-14-19(13-29)22(33)32(21-10-9-17-18(21)3-2-4-20(17)25(26,27)28)23(34)31(14)16-7-5-15(6-8-16)30-11-12-36-24(30)35/h2-4,15-16,21H,5-12H2,1H3. The van der Waals surface area contributed by atoms with E-state index in [-0.39, 0.29) is 47.8 Å². The van der Waals surface area contributed by atoms with E-state index in [1.807, 2.05) is 6.07 Å². The third-order valence-corrected chi connectivity index (χ3v) is 7.80. The van der Waals surface area contributed by atoms with Crippen LogP contribution in [0.3, 0.4) is 0 Å². The van der Waals surface area contributed by atoms with Crippen LogP contribution in [0.25, 0.3) is 0 Å². The van der Waals surface area contributed by atoms with Gasteiger partial charge in [-0.2, -0.15) is 18.4 Å². The van der Waals surface area contributed by atoms with Crippen LogP contribution in [0.15, 0.2) is 27.8 Å². The van der Waals surface area contributed by atoms with Gasteiger partial charge in [0.05, 0.1) is 18.2 Å². The number of carbonyl (C=O) groups is 1. The summed E-state index contributed by atoms with van der Waals surface area (Å²) in [6, 6.07) is 4.54. The normalized spacial score (nSPS) is 23.9.